The summed E-state index contributed by atoms with van der Waals surface area (Å²) in [5, 5.41) is 3.01. The fourth-order valence-electron chi connectivity index (χ4n) is 1.93. The van der Waals surface area contributed by atoms with Crippen LogP contribution in [0.2, 0.25) is 0 Å². The number of carbonyl (C=O) groups excluding carboxylic acids is 1. The second-order valence-electron chi connectivity index (χ2n) is 4.90. The molecule has 0 radical (unpaired) electrons. The first-order valence-electron chi connectivity index (χ1n) is 6.90. The van der Waals surface area contributed by atoms with Crippen LogP contribution in [0.25, 0.3) is 0 Å². The highest BCUT2D eigenvalue weighted by atomic mass is 79.9. The lowest BCUT2D eigenvalue weighted by Crippen LogP contribution is -2.55. The van der Waals surface area contributed by atoms with Crippen LogP contribution in [0.5, 0.6) is 5.75 Å². The summed E-state index contributed by atoms with van der Waals surface area (Å²) in [4.78, 5) is 12.2. The van der Waals surface area contributed by atoms with Gasteiger partial charge in [-0.25, -0.2) is 0 Å². The van der Waals surface area contributed by atoms with Crippen molar-refractivity contribution in [3.05, 3.63) is 28.7 Å². The maximum absolute atomic E-state index is 12.2. The molecule has 0 aliphatic heterocycles. The quantitative estimate of drug-likeness (QED) is 0.764. The maximum Gasteiger partial charge on any atom is 0.261 e. The van der Waals surface area contributed by atoms with Crippen LogP contribution in [0.3, 0.4) is 0 Å². The van der Waals surface area contributed by atoms with Crippen molar-refractivity contribution in [3.63, 3.8) is 0 Å². The summed E-state index contributed by atoms with van der Waals surface area (Å²) in [6.45, 7) is 6.21. The van der Waals surface area contributed by atoms with Crippen molar-refractivity contribution in [2.45, 2.75) is 45.3 Å². The Labute approximate surface area is 141 Å². The maximum atomic E-state index is 12.2. The van der Waals surface area contributed by atoms with E-state index in [1.807, 2.05) is 38.1 Å². The molecular weight excluding hydrogens is 356 g/mol. The highest BCUT2D eigenvalue weighted by molar-refractivity contribution is 9.10. The number of hydrogen-bond acceptors (Lipinski definition) is 3. The molecular formula is C15H24BrClN2O2. The first kappa shape index (κ1) is 20.2. The van der Waals surface area contributed by atoms with Crippen molar-refractivity contribution in [2.75, 3.05) is 6.54 Å². The van der Waals surface area contributed by atoms with Crippen LogP contribution in [0.4, 0.5) is 0 Å². The number of benzene rings is 1. The molecule has 1 aromatic carbocycles. The fourth-order valence-corrected chi connectivity index (χ4v) is 2.31. The van der Waals surface area contributed by atoms with Crippen LogP contribution in [-0.2, 0) is 4.79 Å². The minimum absolute atomic E-state index is 0. The Morgan fingerprint density at radius 2 is 2.05 bits per heavy atom. The summed E-state index contributed by atoms with van der Waals surface area (Å²) in [5.41, 5.74) is 5.45. The molecule has 0 bridgehead atoms. The van der Waals surface area contributed by atoms with E-state index in [9.17, 15) is 4.79 Å². The smallest absolute Gasteiger partial charge is 0.261 e. The first-order valence-corrected chi connectivity index (χ1v) is 7.70. The van der Waals surface area contributed by atoms with Crippen molar-refractivity contribution < 1.29 is 9.53 Å². The van der Waals surface area contributed by atoms with Gasteiger partial charge < -0.3 is 15.8 Å². The molecule has 1 atom stereocenters. The number of halogens is 2. The molecule has 3 N–H and O–H groups in total. The molecule has 1 unspecified atom stereocenters. The van der Waals surface area contributed by atoms with Gasteiger partial charge in [0.15, 0.2) is 6.10 Å². The van der Waals surface area contributed by atoms with Crippen LogP contribution < -0.4 is 15.8 Å². The van der Waals surface area contributed by atoms with Gasteiger partial charge in [0.2, 0.25) is 0 Å². The predicted octanol–water partition coefficient (Wildman–Crippen LogP) is 3.27. The van der Waals surface area contributed by atoms with E-state index in [0.717, 1.165) is 17.3 Å². The Balaban J connectivity index is 0.00000400. The summed E-state index contributed by atoms with van der Waals surface area (Å²) in [6, 6.07) is 7.43. The third-order valence-corrected chi connectivity index (χ3v) is 4.10. The number of nitrogens with one attached hydrogen (secondary N) is 1. The molecule has 1 aromatic rings. The number of amides is 1. The summed E-state index contributed by atoms with van der Waals surface area (Å²) in [5.74, 6) is 0.521. The van der Waals surface area contributed by atoms with Crippen LogP contribution in [0.1, 0.15) is 33.6 Å². The number of hydrogen-bond donors (Lipinski definition) is 2. The van der Waals surface area contributed by atoms with Crippen molar-refractivity contribution in [1.29, 1.82) is 0 Å². The molecule has 0 aromatic heterocycles. The molecule has 21 heavy (non-hydrogen) atoms. The Bertz CT molecular complexity index is 445. The van der Waals surface area contributed by atoms with E-state index in [-0.39, 0.29) is 23.9 Å². The third kappa shape index (κ3) is 5.85. The molecule has 120 valence electrons. The molecule has 0 heterocycles. The lowest BCUT2D eigenvalue weighted by Gasteiger charge is -2.32. The van der Waals surface area contributed by atoms with E-state index in [1.54, 1.807) is 6.92 Å². The van der Waals surface area contributed by atoms with E-state index >= 15 is 0 Å². The van der Waals surface area contributed by atoms with Gasteiger partial charge in [-0.15, -0.1) is 12.4 Å². The van der Waals surface area contributed by atoms with Crippen LogP contribution in [0, 0.1) is 0 Å². The van der Waals surface area contributed by atoms with Gasteiger partial charge in [0.25, 0.3) is 5.91 Å². The second-order valence-corrected chi connectivity index (χ2v) is 5.81. The molecule has 1 amide bonds. The van der Waals surface area contributed by atoms with Gasteiger partial charge in [-0.2, -0.15) is 0 Å². The minimum Gasteiger partial charge on any atom is -0.481 e. The first-order chi connectivity index (χ1) is 9.46. The van der Waals surface area contributed by atoms with Crippen molar-refractivity contribution in [3.8, 4) is 5.75 Å². The highest BCUT2D eigenvalue weighted by Gasteiger charge is 2.28. The monoisotopic (exact) mass is 378 g/mol. The SMILES string of the molecule is CCC(CC)(CN)NC(=O)C(C)Oc1cccc(Br)c1.Cl. The average molecular weight is 380 g/mol. The molecule has 0 spiro atoms. The Hall–Kier alpha value is -0.780. The predicted molar refractivity (Wildman–Crippen MR) is 92.0 cm³/mol. The minimum atomic E-state index is -0.562. The molecule has 1 rings (SSSR count). The zero-order valence-corrected chi connectivity index (χ0v) is 15.1. The molecule has 0 saturated carbocycles. The number of carbonyl (C=O) groups is 1. The van der Waals surface area contributed by atoms with Gasteiger partial charge in [0, 0.05) is 11.0 Å². The Morgan fingerprint density at radius 3 is 2.52 bits per heavy atom. The molecule has 0 aliphatic rings. The van der Waals surface area contributed by atoms with E-state index < -0.39 is 6.10 Å². The molecule has 0 fully saturated rings. The summed E-state index contributed by atoms with van der Waals surface area (Å²) < 4.78 is 6.57. The van der Waals surface area contributed by atoms with E-state index in [4.69, 9.17) is 10.5 Å². The van der Waals surface area contributed by atoms with Gasteiger partial charge in [-0.1, -0.05) is 35.8 Å². The topological polar surface area (TPSA) is 64.3 Å². The van der Waals surface area contributed by atoms with Crippen molar-refractivity contribution >= 4 is 34.2 Å². The highest BCUT2D eigenvalue weighted by Crippen LogP contribution is 2.19. The standard InChI is InChI=1S/C15H23BrN2O2.ClH/c1-4-15(5-2,10-17)18-14(19)11(3)20-13-8-6-7-12(16)9-13;/h6-9,11H,4-5,10,17H2,1-3H3,(H,18,19);1H. The summed E-state index contributed by atoms with van der Waals surface area (Å²) in [7, 11) is 0. The van der Waals surface area contributed by atoms with E-state index in [1.165, 1.54) is 0 Å². The number of nitrogens with two attached hydrogens (primary N) is 1. The zero-order valence-electron chi connectivity index (χ0n) is 12.7. The Kier molecular flexibility index (Phi) is 8.94. The normalized spacial score (nSPS) is 12.2. The largest absolute Gasteiger partial charge is 0.481 e. The van der Waals surface area contributed by atoms with Gasteiger partial charge in [0.05, 0.1) is 5.54 Å². The zero-order chi connectivity index (χ0) is 15.2. The number of rotatable bonds is 7. The molecule has 0 saturated heterocycles. The van der Waals surface area contributed by atoms with Crippen molar-refractivity contribution in [2.24, 2.45) is 5.73 Å². The second kappa shape index (κ2) is 9.28. The fraction of sp³-hybridized carbons (Fsp3) is 0.533. The van der Waals surface area contributed by atoms with E-state index in [0.29, 0.717) is 12.3 Å². The average Bonchev–Trinajstić information content (AvgIpc) is 2.44. The summed E-state index contributed by atoms with van der Waals surface area (Å²) >= 11 is 3.37. The molecule has 0 aliphatic carbocycles. The third-order valence-electron chi connectivity index (χ3n) is 3.61. The number of ether oxygens (including phenoxy) is 1. The van der Waals surface area contributed by atoms with Gasteiger partial charge in [0.1, 0.15) is 5.75 Å². The Morgan fingerprint density at radius 1 is 1.43 bits per heavy atom. The molecule has 6 heteroatoms. The van der Waals surface area contributed by atoms with Crippen LogP contribution >= 0.6 is 28.3 Å². The molecule has 4 nitrogen and oxygen atoms in total. The lowest BCUT2D eigenvalue weighted by atomic mass is 9.92. The van der Waals surface area contributed by atoms with Gasteiger partial charge in [-0.05, 0) is 38.0 Å². The van der Waals surface area contributed by atoms with Crippen LogP contribution in [0.15, 0.2) is 28.7 Å². The van der Waals surface area contributed by atoms with Gasteiger partial charge >= 0.3 is 0 Å². The summed E-state index contributed by atoms with van der Waals surface area (Å²) in [6.07, 6.45) is 1.04. The van der Waals surface area contributed by atoms with Crippen LogP contribution in [-0.4, -0.2) is 24.1 Å². The van der Waals surface area contributed by atoms with Gasteiger partial charge in [-0.3, -0.25) is 4.79 Å². The van der Waals surface area contributed by atoms with E-state index in [2.05, 4.69) is 21.2 Å². The lowest BCUT2D eigenvalue weighted by molar-refractivity contribution is -0.129. The van der Waals surface area contributed by atoms with Crippen molar-refractivity contribution in [1.82, 2.24) is 5.32 Å².